The standard InChI is InChI=1S/C16H18O9/c17-9-3-1-8(5-10(9)18)2-4-13(21)25-14-11(19)6-16(24,15(22)23)7-12(14)20/h1-5,11-12,14,17-20,24H,6-7H2,(H,22,23). The van der Waals surface area contributed by atoms with Crippen LogP contribution in [0.25, 0.3) is 6.08 Å². The van der Waals surface area contributed by atoms with Gasteiger partial charge in [-0.15, -0.1) is 0 Å². The van der Waals surface area contributed by atoms with Crippen LogP contribution in [0.1, 0.15) is 18.4 Å². The highest BCUT2D eigenvalue weighted by molar-refractivity contribution is 5.87. The molecule has 9 nitrogen and oxygen atoms in total. The van der Waals surface area contributed by atoms with Gasteiger partial charge in [0.15, 0.2) is 23.2 Å². The van der Waals surface area contributed by atoms with E-state index >= 15 is 0 Å². The molecular weight excluding hydrogens is 336 g/mol. The smallest absolute Gasteiger partial charge is 0.335 e. The predicted octanol–water partition coefficient (Wildman–Crippen LogP) is -0.646. The molecule has 1 saturated carbocycles. The summed E-state index contributed by atoms with van der Waals surface area (Å²) in [5, 5.41) is 57.1. The zero-order valence-electron chi connectivity index (χ0n) is 12.9. The third-order valence-corrected chi connectivity index (χ3v) is 3.91. The molecule has 0 spiro atoms. The zero-order valence-corrected chi connectivity index (χ0v) is 12.9. The third-order valence-electron chi connectivity index (χ3n) is 3.91. The highest BCUT2D eigenvalue weighted by atomic mass is 16.6. The molecule has 0 amide bonds. The predicted molar refractivity (Wildman–Crippen MR) is 82.5 cm³/mol. The van der Waals surface area contributed by atoms with Crippen molar-refractivity contribution < 1.29 is 45.0 Å². The lowest BCUT2D eigenvalue weighted by molar-refractivity contribution is -0.196. The Morgan fingerprint density at radius 3 is 2.24 bits per heavy atom. The van der Waals surface area contributed by atoms with Gasteiger partial charge in [0, 0.05) is 18.9 Å². The number of hydrogen-bond donors (Lipinski definition) is 6. The average Bonchev–Trinajstić information content (AvgIpc) is 2.52. The van der Waals surface area contributed by atoms with Crippen LogP contribution < -0.4 is 0 Å². The minimum atomic E-state index is -2.29. The van der Waals surface area contributed by atoms with Crippen LogP contribution >= 0.6 is 0 Å². The normalized spacial score (nSPS) is 29.5. The number of carboxylic acids is 1. The molecule has 2 atom stereocenters. The maximum atomic E-state index is 11.8. The van der Waals surface area contributed by atoms with Gasteiger partial charge in [0.2, 0.25) is 0 Å². The molecule has 1 aliphatic carbocycles. The number of carbonyl (C=O) groups excluding carboxylic acids is 1. The van der Waals surface area contributed by atoms with Crippen LogP contribution in [0.3, 0.4) is 0 Å². The lowest BCUT2D eigenvalue weighted by Gasteiger charge is -2.39. The quantitative estimate of drug-likeness (QED) is 0.234. The third kappa shape index (κ3) is 4.27. The molecule has 25 heavy (non-hydrogen) atoms. The minimum absolute atomic E-state index is 0.320. The molecule has 1 aromatic rings. The number of ether oxygens (including phenoxy) is 1. The molecule has 0 radical (unpaired) electrons. The Morgan fingerprint density at radius 1 is 1.12 bits per heavy atom. The van der Waals surface area contributed by atoms with Crippen molar-refractivity contribution in [3.63, 3.8) is 0 Å². The van der Waals surface area contributed by atoms with Gasteiger partial charge in [0.25, 0.3) is 0 Å². The molecule has 0 saturated heterocycles. The van der Waals surface area contributed by atoms with Gasteiger partial charge < -0.3 is 35.4 Å². The molecule has 1 aromatic carbocycles. The average molecular weight is 354 g/mol. The second-order valence-corrected chi connectivity index (χ2v) is 5.86. The van der Waals surface area contributed by atoms with E-state index in [0.717, 1.165) is 6.08 Å². The van der Waals surface area contributed by atoms with E-state index in [0.29, 0.717) is 5.56 Å². The number of rotatable bonds is 4. The fourth-order valence-electron chi connectivity index (χ4n) is 2.58. The Hall–Kier alpha value is -2.62. The van der Waals surface area contributed by atoms with Crippen molar-refractivity contribution in [3.8, 4) is 11.5 Å². The van der Waals surface area contributed by atoms with Crippen LogP contribution in [-0.2, 0) is 14.3 Å². The highest BCUT2D eigenvalue weighted by Crippen LogP contribution is 2.31. The fraction of sp³-hybridized carbons (Fsp3) is 0.375. The van der Waals surface area contributed by atoms with E-state index in [-0.39, 0.29) is 11.5 Å². The van der Waals surface area contributed by atoms with Crippen molar-refractivity contribution in [2.45, 2.75) is 36.8 Å². The topological polar surface area (TPSA) is 165 Å². The largest absolute Gasteiger partial charge is 0.504 e. The van der Waals surface area contributed by atoms with Gasteiger partial charge in [-0.25, -0.2) is 9.59 Å². The number of aliphatic carboxylic acids is 1. The van der Waals surface area contributed by atoms with Crippen molar-refractivity contribution in [1.82, 2.24) is 0 Å². The lowest BCUT2D eigenvalue weighted by Crippen LogP contribution is -2.57. The molecule has 6 N–H and O–H groups in total. The van der Waals surface area contributed by atoms with E-state index in [1.807, 2.05) is 0 Å². The molecule has 1 aliphatic rings. The number of carbonyl (C=O) groups is 2. The van der Waals surface area contributed by atoms with Crippen molar-refractivity contribution in [1.29, 1.82) is 0 Å². The first-order valence-electron chi connectivity index (χ1n) is 7.35. The molecule has 2 unspecified atom stereocenters. The van der Waals surface area contributed by atoms with Gasteiger partial charge in [0.1, 0.15) is 0 Å². The second kappa shape index (κ2) is 7.09. The zero-order chi connectivity index (χ0) is 18.8. The molecule has 136 valence electrons. The SMILES string of the molecule is O=C(C=Cc1ccc(O)c(O)c1)OC1C(O)CC(O)(C(=O)O)CC1O. The van der Waals surface area contributed by atoms with Crippen LogP contribution in [-0.4, -0.2) is 66.5 Å². The summed E-state index contributed by atoms with van der Waals surface area (Å²) in [6.45, 7) is 0. The van der Waals surface area contributed by atoms with Gasteiger partial charge in [-0.05, 0) is 23.8 Å². The monoisotopic (exact) mass is 354 g/mol. The van der Waals surface area contributed by atoms with Gasteiger partial charge in [-0.2, -0.15) is 0 Å². The number of benzene rings is 1. The molecule has 0 aromatic heterocycles. The summed E-state index contributed by atoms with van der Waals surface area (Å²) in [5.74, 6) is -3.19. The van der Waals surface area contributed by atoms with Gasteiger partial charge in [-0.3, -0.25) is 0 Å². The Labute approximate surface area is 142 Å². The van der Waals surface area contributed by atoms with Crippen LogP contribution in [0.15, 0.2) is 24.3 Å². The molecule has 0 bridgehead atoms. The van der Waals surface area contributed by atoms with Gasteiger partial charge >= 0.3 is 11.9 Å². The number of esters is 1. The summed E-state index contributed by atoms with van der Waals surface area (Å²) in [6.07, 6.45) is -3.43. The summed E-state index contributed by atoms with van der Waals surface area (Å²) < 4.78 is 4.92. The molecule has 9 heteroatoms. The number of phenols is 2. The van der Waals surface area contributed by atoms with E-state index in [1.54, 1.807) is 0 Å². The molecule has 2 rings (SSSR count). The lowest BCUT2D eigenvalue weighted by atomic mass is 9.79. The van der Waals surface area contributed by atoms with E-state index in [4.69, 9.17) is 9.84 Å². The van der Waals surface area contributed by atoms with Crippen molar-refractivity contribution >= 4 is 18.0 Å². The maximum absolute atomic E-state index is 11.8. The summed E-state index contributed by atoms with van der Waals surface area (Å²) in [6, 6.07) is 3.86. The van der Waals surface area contributed by atoms with Crippen molar-refractivity contribution in [2.75, 3.05) is 0 Å². The first kappa shape index (κ1) is 18.7. The number of phenolic OH excluding ortho intramolecular Hbond substituents is 2. The Balaban J connectivity index is 2.01. The van der Waals surface area contributed by atoms with E-state index in [2.05, 4.69) is 0 Å². The van der Waals surface area contributed by atoms with E-state index in [9.17, 15) is 35.1 Å². The maximum Gasteiger partial charge on any atom is 0.335 e. The van der Waals surface area contributed by atoms with Crippen LogP contribution in [0.4, 0.5) is 0 Å². The summed E-state index contributed by atoms with van der Waals surface area (Å²) in [7, 11) is 0. The molecular formula is C16H18O9. The Morgan fingerprint density at radius 2 is 1.72 bits per heavy atom. The summed E-state index contributed by atoms with van der Waals surface area (Å²) in [4.78, 5) is 22.8. The van der Waals surface area contributed by atoms with Crippen LogP contribution in [0, 0.1) is 0 Å². The molecule has 0 aliphatic heterocycles. The first-order valence-corrected chi connectivity index (χ1v) is 7.35. The molecule has 0 heterocycles. The molecule has 1 fully saturated rings. The number of aliphatic hydroxyl groups is 3. The van der Waals surface area contributed by atoms with Gasteiger partial charge in [0.05, 0.1) is 12.2 Å². The van der Waals surface area contributed by atoms with Crippen LogP contribution in [0.5, 0.6) is 11.5 Å². The van der Waals surface area contributed by atoms with Crippen molar-refractivity contribution in [3.05, 3.63) is 29.8 Å². The van der Waals surface area contributed by atoms with Gasteiger partial charge in [-0.1, -0.05) is 6.07 Å². The van der Waals surface area contributed by atoms with Crippen LogP contribution in [0.2, 0.25) is 0 Å². The number of aliphatic hydroxyl groups excluding tert-OH is 2. The summed E-state index contributed by atoms with van der Waals surface area (Å²) >= 11 is 0. The number of hydrogen-bond acceptors (Lipinski definition) is 8. The second-order valence-electron chi connectivity index (χ2n) is 5.86. The summed E-state index contributed by atoms with van der Waals surface area (Å²) in [5.41, 5.74) is -1.90. The minimum Gasteiger partial charge on any atom is -0.504 e. The highest BCUT2D eigenvalue weighted by Gasteiger charge is 2.50. The first-order chi connectivity index (χ1) is 11.6. The number of carboxylic acid groups (broad SMARTS) is 1. The van der Waals surface area contributed by atoms with E-state index < -0.39 is 48.7 Å². The van der Waals surface area contributed by atoms with Crippen molar-refractivity contribution in [2.24, 2.45) is 0 Å². The Kier molecular flexibility index (Phi) is 5.31. The fourth-order valence-corrected chi connectivity index (χ4v) is 2.58. The Bertz CT molecular complexity index is 685. The number of aromatic hydroxyl groups is 2. The van der Waals surface area contributed by atoms with E-state index in [1.165, 1.54) is 24.3 Å².